The van der Waals surface area contributed by atoms with Crippen molar-refractivity contribution in [2.45, 2.75) is 12.7 Å². The van der Waals surface area contributed by atoms with Crippen molar-refractivity contribution in [1.82, 2.24) is 0 Å². The molecule has 1 aromatic carbocycles. The molecule has 88 valence electrons. The molecule has 0 spiro atoms. The zero-order chi connectivity index (χ0) is 11.8. The summed E-state index contributed by atoms with van der Waals surface area (Å²) in [5, 5.41) is 30.3. The van der Waals surface area contributed by atoms with Gasteiger partial charge in [-0.1, -0.05) is 35.5 Å². The Labute approximate surface area is 93.6 Å². The maximum absolute atomic E-state index is 9.19. The quantitative estimate of drug-likeness (QED) is 0.466. The van der Waals surface area contributed by atoms with Crippen molar-refractivity contribution < 1.29 is 20.2 Å². The van der Waals surface area contributed by atoms with Crippen molar-refractivity contribution in [3.8, 4) is 0 Å². The summed E-state index contributed by atoms with van der Waals surface area (Å²) in [6, 6.07) is 9.38. The summed E-state index contributed by atoms with van der Waals surface area (Å²) < 4.78 is 0. The number of benzene rings is 1. The Bertz CT molecular complexity index is 326. The van der Waals surface area contributed by atoms with Crippen LogP contribution in [0.15, 0.2) is 35.5 Å². The van der Waals surface area contributed by atoms with Crippen LogP contribution >= 0.6 is 0 Å². The largest absolute Gasteiger partial charge is 0.393 e. The SMILES string of the molecule is OC/C(=N/OCc1ccccc1)C(O)CO. The third kappa shape index (κ3) is 3.98. The number of rotatable bonds is 6. The van der Waals surface area contributed by atoms with Gasteiger partial charge in [0.1, 0.15) is 18.4 Å². The molecule has 1 atom stereocenters. The zero-order valence-corrected chi connectivity index (χ0v) is 8.78. The minimum atomic E-state index is -1.18. The van der Waals surface area contributed by atoms with Crippen LogP contribution in [0.3, 0.4) is 0 Å². The molecule has 1 aromatic rings. The van der Waals surface area contributed by atoms with Crippen LogP contribution in [0.2, 0.25) is 0 Å². The molecule has 0 radical (unpaired) electrons. The van der Waals surface area contributed by atoms with Gasteiger partial charge in [-0.15, -0.1) is 0 Å². The highest BCUT2D eigenvalue weighted by atomic mass is 16.6. The highest BCUT2D eigenvalue weighted by Gasteiger charge is 2.10. The Balaban J connectivity index is 2.46. The fourth-order valence-corrected chi connectivity index (χ4v) is 1.06. The first kappa shape index (κ1) is 12.6. The minimum absolute atomic E-state index is 0.0124. The van der Waals surface area contributed by atoms with Crippen molar-refractivity contribution in [2.24, 2.45) is 5.16 Å². The fourth-order valence-electron chi connectivity index (χ4n) is 1.06. The van der Waals surface area contributed by atoms with E-state index in [-0.39, 0.29) is 12.3 Å². The molecule has 0 aliphatic heterocycles. The lowest BCUT2D eigenvalue weighted by molar-refractivity contribution is 0.107. The molecule has 5 heteroatoms. The van der Waals surface area contributed by atoms with Crippen LogP contribution in [0.5, 0.6) is 0 Å². The Hall–Kier alpha value is -1.43. The number of oxime groups is 1. The van der Waals surface area contributed by atoms with Crippen molar-refractivity contribution in [1.29, 1.82) is 0 Å². The second-order valence-electron chi connectivity index (χ2n) is 3.20. The predicted molar refractivity (Wildman–Crippen MR) is 58.8 cm³/mol. The van der Waals surface area contributed by atoms with E-state index < -0.39 is 19.3 Å². The van der Waals surface area contributed by atoms with Crippen molar-refractivity contribution in [3.63, 3.8) is 0 Å². The van der Waals surface area contributed by atoms with E-state index >= 15 is 0 Å². The standard InChI is InChI=1S/C11H15NO4/c13-6-10(11(15)7-14)12-16-8-9-4-2-1-3-5-9/h1-5,11,13-15H,6-8H2/b12-10-. The fraction of sp³-hybridized carbons (Fsp3) is 0.364. The average molecular weight is 225 g/mol. The highest BCUT2D eigenvalue weighted by molar-refractivity contribution is 5.89. The van der Waals surface area contributed by atoms with Crippen LogP contribution in [0.1, 0.15) is 5.56 Å². The summed E-state index contributed by atoms with van der Waals surface area (Å²) >= 11 is 0. The number of aliphatic hydroxyl groups excluding tert-OH is 3. The van der Waals surface area contributed by atoms with Crippen molar-refractivity contribution in [2.75, 3.05) is 13.2 Å². The van der Waals surface area contributed by atoms with Crippen LogP contribution in [0, 0.1) is 0 Å². The summed E-state index contributed by atoms with van der Waals surface area (Å²) in [6.07, 6.45) is -1.18. The Morgan fingerprint density at radius 1 is 1.25 bits per heavy atom. The first-order valence-corrected chi connectivity index (χ1v) is 4.90. The molecule has 5 nitrogen and oxygen atoms in total. The van der Waals surface area contributed by atoms with Crippen LogP contribution < -0.4 is 0 Å². The molecule has 0 heterocycles. The zero-order valence-electron chi connectivity index (χ0n) is 8.78. The predicted octanol–water partition coefficient (Wildman–Crippen LogP) is -0.0953. The Kier molecular flexibility index (Phi) is 5.49. The lowest BCUT2D eigenvalue weighted by Crippen LogP contribution is -2.27. The molecule has 0 aliphatic rings. The Morgan fingerprint density at radius 2 is 1.94 bits per heavy atom. The first-order chi connectivity index (χ1) is 7.77. The summed E-state index contributed by atoms with van der Waals surface area (Å²) in [5.74, 6) is 0. The van der Waals surface area contributed by atoms with E-state index in [1.807, 2.05) is 30.3 Å². The molecule has 0 saturated carbocycles. The van der Waals surface area contributed by atoms with Gasteiger partial charge in [-0.2, -0.15) is 0 Å². The molecule has 0 bridgehead atoms. The van der Waals surface area contributed by atoms with Gasteiger partial charge in [0.05, 0.1) is 13.2 Å². The molecular weight excluding hydrogens is 210 g/mol. The van der Waals surface area contributed by atoms with Gasteiger partial charge in [-0.25, -0.2) is 0 Å². The summed E-state index contributed by atoms with van der Waals surface area (Å²) in [6.45, 7) is -0.687. The van der Waals surface area contributed by atoms with Crippen LogP contribution in [-0.2, 0) is 11.4 Å². The topological polar surface area (TPSA) is 82.3 Å². The summed E-state index contributed by atoms with van der Waals surface area (Å²) in [5.41, 5.74) is 0.945. The molecule has 3 N–H and O–H groups in total. The van der Waals surface area contributed by atoms with E-state index in [0.717, 1.165) is 5.56 Å². The highest BCUT2D eigenvalue weighted by Crippen LogP contribution is 2.01. The lowest BCUT2D eigenvalue weighted by atomic mass is 10.2. The van der Waals surface area contributed by atoms with Gasteiger partial charge in [-0.05, 0) is 5.56 Å². The molecule has 16 heavy (non-hydrogen) atoms. The average Bonchev–Trinajstić information content (AvgIpc) is 2.35. The van der Waals surface area contributed by atoms with Crippen LogP contribution in [-0.4, -0.2) is 40.3 Å². The smallest absolute Gasteiger partial charge is 0.142 e. The third-order valence-corrected chi connectivity index (χ3v) is 1.98. The maximum Gasteiger partial charge on any atom is 0.142 e. The van der Waals surface area contributed by atoms with E-state index in [1.54, 1.807) is 0 Å². The molecule has 0 saturated heterocycles. The van der Waals surface area contributed by atoms with Gasteiger partial charge in [0, 0.05) is 0 Å². The molecule has 0 fully saturated rings. The third-order valence-electron chi connectivity index (χ3n) is 1.98. The number of hydrogen-bond acceptors (Lipinski definition) is 5. The summed E-state index contributed by atoms with van der Waals surface area (Å²) in [7, 11) is 0. The van der Waals surface area contributed by atoms with Gasteiger partial charge in [0.2, 0.25) is 0 Å². The van der Waals surface area contributed by atoms with Gasteiger partial charge >= 0.3 is 0 Å². The number of aliphatic hydroxyl groups is 3. The van der Waals surface area contributed by atoms with Crippen molar-refractivity contribution in [3.05, 3.63) is 35.9 Å². The lowest BCUT2D eigenvalue weighted by Gasteiger charge is -2.08. The van der Waals surface area contributed by atoms with Gasteiger partial charge < -0.3 is 20.2 Å². The van der Waals surface area contributed by atoms with Gasteiger partial charge in [0.15, 0.2) is 0 Å². The number of nitrogens with zero attached hydrogens (tertiary/aromatic N) is 1. The van der Waals surface area contributed by atoms with E-state index in [9.17, 15) is 5.11 Å². The molecule has 1 unspecified atom stereocenters. The van der Waals surface area contributed by atoms with Crippen LogP contribution in [0.4, 0.5) is 0 Å². The van der Waals surface area contributed by atoms with E-state index in [4.69, 9.17) is 15.1 Å². The van der Waals surface area contributed by atoms with Crippen molar-refractivity contribution >= 4 is 5.71 Å². The molecule has 0 aliphatic carbocycles. The van der Waals surface area contributed by atoms with E-state index in [0.29, 0.717) is 0 Å². The monoisotopic (exact) mass is 225 g/mol. The van der Waals surface area contributed by atoms with Gasteiger partial charge in [-0.3, -0.25) is 0 Å². The van der Waals surface area contributed by atoms with E-state index in [1.165, 1.54) is 0 Å². The second kappa shape index (κ2) is 6.95. The number of hydrogen-bond donors (Lipinski definition) is 3. The minimum Gasteiger partial charge on any atom is -0.393 e. The Morgan fingerprint density at radius 3 is 2.50 bits per heavy atom. The van der Waals surface area contributed by atoms with Crippen LogP contribution in [0.25, 0.3) is 0 Å². The van der Waals surface area contributed by atoms with Gasteiger partial charge in [0.25, 0.3) is 0 Å². The summed E-state index contributed by atoms with van der Waals surface area (Å²) in [4.78, 5) is 4.95. The molecule has 0 aromatic heterocycles. The molecule has 1 rings (SSSR count). The maximum atomic E-state index is 9.19. The first-order valence-electron chi connectivity index (χ1n) is 4.90. The van der Waals surface area contributed by atoms with E-state index in [2.05, 4.69) is 5.16 Å². The second-order valence-corrected chi connectivity index (χ2v) is 3.20. The molecule has 0 amide bonds. The normalized spacial score (nSPS) is 13.6. The molecular formula is C11H15NO4.